The highest BCUT2D eigenvalue weighted by Crippen LogP contribution is 1.74. The third-order valence-corrected chi connectivity index (χ3v) is 0.511. The largest absolute Gasteiger partial charge is 0.480 e. The Kier molecular flexibility index (Phi) is 3.54. The van der Waals surface area contributed by atoms with Crippen LogP contribution in [0, 0.1) is 0 Å². The number of carbonyl (C=O) groups is 1. The molecule has 5 N–H and O–H groups in total. The molecule has 0 aromatic carbocycles. The van der Waals surface area contributed by atoms with Crippen LogP contribution in [0.3, 0.4) is 0 Å². The van der Waals surface area contributed by atoms with E-state index < -0.39 is 12.5 Å². The fraction of sp³-hybridized carbons (Fsp3) is 0.333. The monoisotopic (exact) mass is 145 g/mol. The predicted molar refractivity (Wildman–Crippen MR) is 33.2 cm³/mol. The van der Waals surface area contributed by atoms with Crippen molar-refractivity contribution in [3.63, 3.8) is 0 Å². The fourth-order valence-electron chi connectivity index (χ4n) is 0.194. The summed E-state index contributed by atoms with van der Waals surface area (Å²) in [6, 6.07) is 0. The zero-order valence-electron chi connectivity index (χ0n) is 5.06. The molecule has 0 aliphatic carbocycles. The number of aliphatic carboxylic acids is 1. The molecule has 0 aromatic heterocycles. The van der Waals surface area contributed by atoms with Gasteiger partial charge in [-0.3, -0.25) is 4.79 Å². The summed E-state index contributed by atoms with van der Waals surface area (Å²) in [7, 11) is 0. The third-order valence-electron chi connectivity index (χ3n) is 0.511. The molecule has 0 aromatic rings. The lowest BCUT2D eigenvalue weighted by atomic mass is 10.7. The van der Waals surface area contributed by atoms with E-state index in [1.54, 1.807) is 0 Å². The highest BCUT2D eigenvalue weighted by atomic mass is 16.4. The second-order valence-corrected chi connectivity index (χ2v) is 1.28. The normalized spacial score (nSPS) is 12.2. The van der Waals surface area contributed by atoms with Gasteiger partial charge in [0.05, 0.1) is 0 Å². The van der Waals surface area contributed by atoms with Crippen LogP contribution in [0.4, 0.5) is 0 Å². The molecule has 0 rings (SSSR count). The topological polar surface area (TPSA) is 126 Å². The first-order valence-corrected chi connectivity index (χ1v) is 2.29. The van der Waals surface area contributed by atoms with Crippen LogP contribution in [-0.2, 0) is 4.79 Å². The Hall–Kier alpha value is -1.66. The van der Waals surface area contributed by atoms with Crippen molar-refractivity contribution in [2.45, 2.75) is 0 Å². The Morgan fingerprint density at radius 2 is 2.20 bits per heavy atom. The van der Waals surface area contributed by atoms with E-state index in [-0.39, 0.29) is 5.96 Å². The van der Waals surface area contributed by atoms with Crippen LogP contribution in [0.2, 0.25) is 0 Å². The van der Waals surface area contributed by atoms with Crippen LogP contribution in [0.15, 0.2) is 15.3 Å². The Morgan fingerprint density at radius 1 is 1.60 bits per heavy atom. The maximum absolute atomic E-state index is 9.80. The van der Waals surface area contributed by atoms with Gasteiger partial charge in [-0.05, 0) is 0 Å². The quantitative estimate of drug-likeness (QED) is 0.147. The maximum atomic E-state index is 9.80. The summed E-state index contributed by atoms with van der Waals surface area (Å²) in [5, 5.41) is 17.2. The van der Waals surface area contributed by atoms with Crippen molar-refractivity contribution in [1.29, 1.82) is 0 Å². The minimum Gasteiger partial charge on any atom is -0.480 e. The molecule has 0 atom stereocenters. The van der Waals surface area contributed by atoms with E-state index >= 15 is 0 Å². The summed E-state index contributed by atoms with van der Waals surface area (Å²) in [4.78, 5) is 9.80. The van der Waals surface area contributed by atoms with Crippen LogP contribution < -0.4 is 11.6 Å². The molecule has 7 heteroatoms. The lowest BCUT2D eigenvalue weighted by Crippen LogP contribution is -2.10. The summed E-state index contributed by atoms with van der Waals surface area (Å²) < 4.78 is 0. The number of nitrogens with two attached hydrogens (primary N) is 2. The molecular formula is C3H7N5O2. The number of hydrogen-bond acceptors (Lipinski definition) is 4. The number of azo groups is 1. The number of hydrogen-bond donors (Lipinski definition) is 3. The molecule has 0 spiro atoms. The van der Waals surface area contributed by atoms with Gasteiger partial charge in [-0.15, -0.1) is 10.2 Å². The molecule has 0 radical (unpaired) electrons. The first-order valence-electron chi connectivity index (χ1n) is 2.29. The van der Waals surface area contributed by atoms with Crippen molar-refractivity contribution in [2.75, 3.05) is 6.54 Å². The van der Waals surface area contributed by atoms with Gasteiger partial charge in [0.25, 0.3) is 5.96 Å². The van der Waals surface area contributed by atoms with Crippen molar-refractivity contribution in [3.8, 4) is 0 Å². The molecule has 0 heterocycles. The Balaban J connectivity index is 3.67. The number of carboxylic acids is 1. The van der Waals surface area contributed by atoms with E-state index in [1.807, 2.05) is 0 Å². The summed E-state index contributed by atoms with van der Waals surface area (Å²) >= 11 is 0. The molecule has 0 amide bonds. The lowest BCUT2D eigenvalue weighted by Gasteiger charge is -1.84. The van der Waals surface area contributed by atoms with Crippen LogP contribution in [0.25, 0.3) is 0 Å². The molecule has 0 aliphatic rings. The van der Waals surface area contributed by atoms with Crippen LogP contribution in [-0.4, -0.2) is 23.6 Å². The first kappa shape index (κ1) is 8.34. The molecule has 7 nitrogen and oxygen atoms in total. The number of rotatable bonds is 2. The molecule has 0 fully saturated rings. The van der Waals surface area contributed by atoms with Crippen LogP contribution in [0.5, 0.6) is 0 Å². The van der Waals surface area contributed by atoms with Crippen molar-refractivity contribution >= 4 is 11.9 Å². The Labute approximate surface area is 56.4 Å². The van der Waals surface area contributed by atoms with Gasteiger partial charge in [0, 0.05) is 0 Å². The molecule has 0 saturated carbocycles. The van der Waals surface area contributed by atoms with Gasteiger partial charge >= 0.3 is 5.97 Å². The van der Waals surface area contributed by atoms with Gasteiger partial charge < -0.3 is 16.7 Å². The molecule has 0 saturated heterocycles. The van der Waals surface area contributed by atoms with Gasteiger partial charge in [-0.1, -0.05) is 0 Å². The molecule has 0 unspecified atom stereocenters. The number of carboxylic acid groups (broad SMARTS) is 1. The third kappa shape index (κ3) is 4.50. The Morgan fingerprint density at radius 3 is 2.60 bits per heavy atom. The number of guanidine groups is 1. The van der Waals surface area contributed by atoms with Gasteiger partial charge in [-0.2, -0.15) is 5.11 Å². The van der Waals surface area contributed by atoms with E-state index in [4.69, 9.17) is 10.8 Å². The van der Waals surface area contributed by atoms with Crippen LogP contribution >= 0.6 is 0 Å². The van der Waals surface area contributed by atoms with Crippen molar-refractivity contribution < 1.29 is 9.90 Å². The second kappa shape index (κ2) is 4.24. The lowest BCUT2D eigenvalue weighted by molar-refractivity contribution is -0.135. The smallest absolute Gasteiger partial charge is 0.327 e. The van der Waals surface area contributed by atoms with Gasteiger partial charge in [-0.25, -0.2) is 0 Å². The van der Waals surface area contributed by atoms with Gasteiger partial charge in [0.1, 0.15) is 0 Å². The molecule has 10 heavy (non-hydrogen) atoms. The van der Waals surface area contributed by atoms with E-state index in [1.165, 1.54) is 0 Å². The van der Waals surface area contributed by atoms with Gasteiger partial charge in [0.15, 0.2) is 6.54 Å². The van der Waals surface area contributed by atoms with Gasteiger partial charge in [0.2, 0.25) is 0 Å². The Bertz CT molecular complexity index is 174. The van der Waals surface area contributed by atoms with E-state index in [0.717, 1.165) is 0 Å². The second-order valence-electron chi connectivity index (χ2n) is 1.28. The summed E-state index contributed by atoms with van der Waals surface area (Å²) in [5.41, 5.74) is 4.93. The maximum Gasteiger partial charge on any atom is 0.327 e. The zero-order chi connectivity index (χ0) is 7.98. The zero-order valence-corrected chi connectivity index (χ0v) is 5.06. The summed E-state index contributed by atoms with van der Waals surface area (Å²) in [6.45, 7) is -0.434. The minimum atomic E-state index is -1.09. The van der Waals surface area contributed by atoms with Crippen molar-refractivity contribution in [3.05, 3.63) is 0 Å². The average Bonchev–Trinajstić information content (AvgIpc) is 1.87. The molecular weight excluding hydrogens is 138 g/mol. The van der Waals surface area contributed by atoms with Crippen molar-refractivity contribution in [1.82, 2.24) is 0 Å². The highest BCUT2D eigenvalue weighted by Gasteiger charge is 1.91. The van der Waals surface area contributed by atoms with E-state index in [2.05, 4.69) is 21.2 Å². The molecule has 56 valence electrons. The highest BCUT2D eigenvalue weighted by molar-refractivity contribution is 5.78. The minimum absolute atomic E-state index is 0.249. The number of nitrogens with zero attached hydrogens (tertiary/aromatic N) is 3. The predicted octanol–water partition coefficient (Wildman–Crippen LogP) is -1.29. The fourth-order valence-corrected chi connectivity index (χ4v) is 0.194. The molecule has 0 aliphatic heterocycles. The van der Waals surface area contributed by atoms with E-state index in [0.29, 0.717) is 0 Å². The SMILES string of the molecule is N/N=C(/N)N=NCC(=O)O. The number of hydrazone groups is 1. The summed E-state index contributed by atoms with van der Waals surface area (Å²) in [6.07, 6.45) is 0. The standard InChI is InChI=1S/C3H7N5O2/c4-3(7-5)8-6-1-2(9)10/h1,5H2,(H2,4,7)(H,9,10). The molecule has 0 bridgehead atoms. The van der Waals surface area contributed by atoms with E-state index in [9.17, 15) is 4.79 Å². The first-order chi connectivity index (χ1) is 4.66. The average molecular weight is 145 g/mol. The van der Waals surface area contributed by atoms with Crippen LogP contribution in [0.1, 0.15) is 0 Å². The summed E-state index contributed by atoms with van der Waals surface area (Å²) in [5.74, 6) is 3.31. The van der Waals surface area contributed by atoms with Crippen molar-refractivity contribution in [2.24, 2.45) is 26.9 Å².